The van der Waals surface area contributed by atoms with Gasteiger partial charge >= 0.3 is 0 Å². The third-order valence-corrected chi connectivity index (χ3v) is 5.70. The summed E-state index contributed by atoms with van der Waals surface area (Å²) in [7, 11) is 3.13. The van der Waals surface area contributed by atoms with E-state index in [4.69, 9.17) is 16.3 Å². The smallest absolute Gasteiger partial charge is 0.253 e. The number of anilines is 5. The van der Waals surface area contributed by atoms with E-state index in [9.17, 15) is 9.59 Å². The van der Waals surface area contributed by atoms with Crippen molar-refractivity contribution in [3.8, 4) is 5.75 Å². The van der Waals surface area contributed by atoms with Gasteiger partial charge in [0, 0.05) is 24.8 Å². The van der Waals surface area contributed by atoms with Crippen LogP contribution in [0.25, 0.3) is 0 Å². The molecule has 4 rings (SSSR count). The van der Waals surface area contributed by atoms with Crippen molar-refractivity contribution in [3.05, 3.63) is 71.4 Å². The Morgan fingerprint density at radius 2 is 2.00 bits per heavy atom. The van der Waals surface area contributed by atoms with Gasteiger partial charge in [-0.2, -0.15) is 4.98 Å². The Hall–Kier alpha value is -4.11. The first-order valence-electron chi connectivity index (χ1n) is 10.5. The van der Waals surface area contributed by atoms with Crippen molar-refractivity contribution in [2.45, 2.75) is 6.42 Å². The lowest BCUT2D eigenvalue weighted by Crippen LogP contribution is -2.26. The fourth-order valence-electron chi connectivity index (χ4n) is 3.79. The summed E-state index contributed by atoms with van der Waals surface area (Å²) in [5.41, 5.74) is 3.35. The highest BCUT2D eigenvalue weighted by Crippen LogP contribution is 2.41. The molecule has 0 aliphatic carbocycles. The molecular weight excluding hydrogens is 456 g/mol. The first kappa shape index (κ1) is 23.1. The van der Waals surface area contributed by atoms with Crippen LogP contribution in [0.4, 0.5) is 28.8 Å². The van der Waals surface area contributed by atoms with Gasteiger partial charge in [0.05, 0.1) is 30.2 Å². The SMILES string of the molecule is C=CC(=O)N1CCc2c1ccc(OC)c2Nc1ncc(Cl)c(Nc2ccccc2C(=O)NC)n1. The quantitative estimate of drug-likeness (QED) is 0.439. The molecule has 1 aromatic heterocycles. The van der Waals surface area contributed by atoms with Crippen LogP contribution in [0.3, 0.4) is 0 Å². The van der Waals surface area contributed by atoms with Gasteiger partial charge in [0.15, 0.2) is 5.82 Å². The van der Waals surface area contributed by atoms with E-state index in [1.165, 1.54) is 12.3 Å². The van der Waals surface area contributed by atoms with Crippen LogP contribution in [0, 0.1) is 0 Å². The highest BCUT2D eigenvalue weighted by atomic mass is 35.5. The molecule has 34 heavy (non-hydrogen) atoms. The molecule has 2 heterocycles. The highest BCUT2D eigenvalue weighted by molar-refractivity contribution is 6.33. The minimum absolute atomic E-state index is 0.168. The van der Waals surface area contributed by atoms with E-state index in [-0.39, 0.29) is 22.8 Å². The molecule has 9 nitrogen and oxygen atoms in total. The molecule has 2 amide bonds. The number of carbonyl (C=O) groups excluding carboxylic acids is 2. The van der Waals surface area contributed by atoms with Crippen LogP contribution in [-0.4, -0.2) is 42.5 Å². The summed E-state index contributed by atoms with van der Waals surface area (Å²) in [5.74, 6) is 0.772. The number of rotatable bonds is 7. The number of aromatic nitrogens is 2. The number of hydrogen-bond donors (Lipinski definition) is 3. The fraction of sp³-hybridized carbons (Fsp3) is 0.167. The molecule has 0 saturated carbocycles. The van der Waals surface area contributed by atoms with E-state index in [0.29, 0.717) is 41.5 Å². The molecule has 3 aromatic rings. The van der Waals surface area contributed by atoms with Gasteiger partial charge in [-0.15, -0.1) is 0 Å². The average Bonchev–Trinajstić information content (AvgIpc) is 3.30. The molecule has 3 N–H and O–H groups in total. The van der Waals surface area contributed by atoms with Crippen molar-refractivity contribution in [1.29, 1.82) is 0 Å². The first-order chi connectivity index (χ1) is 16.5. The third-order valence-electron chi connectivity index (χ3n) is 5.42. The molecule has 2 aromatic carbocycles. The van der Waals surface area contributed by atoms with Crippen LogP contribution in [0.15, 0.2) is 55.3 Å². The minimum Gasteiger partial charge on any atom is -0.495 e. The Bertz CT molecular complexity index is 1280. The summed E-state index contributed by atoms with van der Waals surface area (Å²) < 4.78 is 5.54. The zero-order chi connectivity index (χ0) is 24.2. The topological polar surface area (TPSA) is 108 Å². The number of fused-ring (bicyclic) bond motifs is 1. The second-order valence-electron chi connectivity index (χ2n) is 7.35. The first-order valence-corrected chi connectivity index (χ1v) is 10.9. The number of methoxy groups -OCH3 is 1. The van der Waals surface area contributed by atoms with Crippen LogP contribution in [0.5, 0.6) is 5.75 Å². The zero-order valence-electron chi connectivity index (χ0n) is 18.7. The van der Waals surface area contributed by atoms with Crippen LogP contribution >= 0.6 is 11.6 Å². The zero-order valence-corrected chi connectivity index (χ0v) is 19.4. The van der Waals surface area contributed by atoms with Crippen LogP contribution in [0.2, 0.25) is 5.02 Å². The standard InChI is InChI=1S/C24H23ClN6O3/c1-4-20(32)31-12-11-15-18(31)9-10-19(34-3)21(15)29-24-27-13-16(25)22(30-24)28-17-8-6-5-7-14(17)23(33)26-2/h4-10,13H,1,11-12H2,2-3H3,(H,26,33)(H2,27,28,29,30). The Balaban J connectivity index is 1.68. The molecule has 10 heteroatoms. The van der Waals surface area contributed by atoms with E-state index >= 15 is 0 Å². The Kier molecular flexibility index (Phi) is 6.65. The Labute approximate surface area is 201 Å². The van der Waals surface area contributed by atoms with Crippen molar-refractivity contribution < 1.29 is 14.3 Å². The van der Waals surface area contributed by atoms with Gasteiger partial charge in [0.1, 0.15) is 10.8 Å². The number of hydrogen-bond acceptors (Lipinski definition) is 7. The summed E-state index contributed by atoms with van der Waals surface area (Å²) in [6.07, 6.45) is 3.39. The molecule has 0 atom stereocenters. The summed E-state index contributed by atoms with van der Waals surface area (Å²) in [6.45, 7) is 4.12. The molecule has 174 valence electrons. The van der Waals surface area contributed by atoms with Gasteiger partial charge in [-0.05, 0) is 36.8 Å². The summed E-state index contributed by atoms with van der Waals surface area (Å²) in [5, 5.41) is 9.22. The maximum atomic E-state index is 12.2. The Morgan fingerprint density at radius 3 is 2.74 bits per heavy atom. The summed E-state index contributed by atoms with van der Waals surface area (Å²) >= 11 is 6.34. The lowest BCUT2D eigenvalue weighted by molar-refractivity contribution is -0.114. The normalized spacial score (nSPS) is 12.0. The molecular formula is C24H23ClN6O3. The van der Waals surface area contributed by atoms with E-state index in [2.05, 4.69) is 32.5 Å². The predicted molar refractivity (Wildman–Crippen MR) is 133 cm³/mol. The Morgan fingerprint density at radius 1 is 1.21 bits per heavy atom. The number of halogens is 1. The van der Waals surface area contributed by atoms with E-state index in [1.54, 1.807) is 49.4 Å². The van der Waals surface area contributed by atoms with Crippen molar-refractivity contribution in [2.24, 2.45) is 0 Å². The largest absolute Gasteiger partial charge is 0.495 e. The maximum absolute atomic E-state index is 12.2. The number of benzene rings is 2. The monoisotopic (exact) mass is 478 g/mol. The molecule has 0 spiro atoms. The molecule has 0 bridgehead atoms. The van der Waals surface area contributed by atoms with E-state index in [1.807, 2.05) is 6.07 Å². The van der Waals surface area contributed by atoms with Gasteiger partial charge in [-0.3, -0.25) is 9.59 Å². The van der Waals surface area contributed by atoms with Crippen LogP contribution < -0.4 is 25.6 Å². The van der Waals surface area contributed by atoms with Crippen LogP contribution in [-0.2, 0) is 11.2 Å². The summed E-state index contributed by atoms with van der Waals surface area (Å²) in [6, 6.07) is 10.7. The third kappa shape index (κ3) is 4.38. The number of carbonyl (C=O) groups is 2. The number of para-hydroxylation sites is 1. The molecule has 0 saturated heterocycles. The van der Waals surface area contributed by atoms with Gasteiger partial charge in [-0.1, -0.05) is 30.3 Å². The van der Waals surface area contributed by atoms with Gasteiger partial charge < -0.3 is 25.6 Å². The number of nitrogens with one attached hydrogen (secondary N) is 3. The fourth-order valence-corrected chi connectivity index (χ4v) is 3.93. The van der Waals surface area contributed by atoms with Crippen molar-refractivity contribution in [3.63, 3.8) is 0 Å². The number of nitrogens with zero attached hydrogens (tertiary/aromatic N) is 3. The van der Waals surface area contributed by atoms with E-state index in [0.717, 1.165) is 11.3 Å². The van der Waals surface area contributed by atoms with Gasteiger partial charge in [0.2, 0.25) is 11.9 Å². The predicted octanol–water partition coefficient (Wildman–Crippen LogP) is 4.06. The van der Waals surface area contributed by atoms with Gasteiger partial charge in [0.25, 0.3) is 5.91 Å². The second-order valence-corrected chi connectivity index (χ2v) is 7.76. The van der Waals surface area contributed by atoms with E-state index < -0.39 is 0 Å². The van der Waals surface area contributed by atoms with Crippen molar-refractivity contribution >= 4 is 52.2 Å². The number of amides is 2. The maximum Gasteiger partial charge on any atom is 0.253 e. The lowest BCUT2D eigenvalue weighted by Gasteiger charge is -2.18. The molecule has 1 aliphatic rings. The van der Waals surface area contributed by atoms with Crippen molar-refractivity contribution in [2.75, 3.05) is 36.2 Å². The molecule has 0 fully saturated rings. The van der Waals surface area contributed by atoms with Crippen molar-refractivity contribution in [1.82, 2.24) is 15.3 Å². The minimum atomic E-state index is -0.241. The molecule has 0 unspecified atom stereocenters. The lowest BCUT2D eigenvalue weighted by atomic mass is 10.1. The summed E-state index contributed by atoms with van der Waals surface area (Å²) in [4.78, 5) is 34.9. The second kappa shape index (κ2) is 9.80. The highest BCUT2D eigenvalue weighted by Gasteiger charge is 2.27. The number of ether oxygens (including phenoxy) is 1. The molecule has 0 radical (unpaired) electrons. The molecule has 1 aliphatic heterocycles. The average molecular weight is 479 g/mol. The van der Waals surface area contributed by atoms with Crippen LogP contribution in [0.1, 0.15) is 15.9 Å². The van der Waals surface area contributed by atoms with Gasteiger partial charge in [-0.25, -0.2) is 4.98 Å².